The maximum Gasteiger partial charge on any atom is 0.418 e. The van der Waals surface area contributed by atoms with E-state index >= 15 is 0 Å². The molecule has 3 aromatic carbocycles. The molecule has 0 radical (unpaired) electrons. The van der Waals surface area contributed by atoms with Crippen molar-refractivity contribution in [3.63, 3.8) is 0 Å². The molecule has 11 heteroatoms. The van der Waals surface area contributed by atoms with Gasteiger partial charge >= 0.3 is 12.4 Å². The van der Waals surface area contributed by atoms with Gasteiger partial charge in [-0.1, -0.05) is 30.3 Å². The fourth-order valence-corrected chi connectivity index (χ4v) is 5.28. The number of hydrogen-bond donors (Lipinski definition) is 2. The summed E-state index contributed by atoms with van der Waals surface area (Å²) in [5.41, 5.74) is 8.02. The van der Waals surface area contributed by atoms with Crippen LogP contribution in [-0.4, -0.2) is 35.4 Å². The molecule has 43 heavy (non-hydrogen) atoms. The lowest BCUT2D eigenvalue weighted by Gasteiger charge is -2.34. The Morgan fingerprint density at radius 1 is 0.953 bits per heavy atom. The molecular weight excluding hydrogens is 568 g/mol. The Balaban J connectivity index is 1.44. The van der Waals surface area contributed by atoms with E-state index in [9.17, 15) is 26.3 Å². The average Bonchev–Trinajstić information content (AvgIpc) is 2.97. The zero-order chi connectivity index (χ0) is 30.8. The number of aliphatic imine (C=N–C) groups is 1. The molecule has 1 atom stereocenters. The molecule has 0 spiro atoms. The Morgan fingerprint density at radius 2 is 1.70 bits per heavy atom. The second-order valence-electron chi connectivity index (χ2n) is 10.3. The van der Waals surface area contributed by atoms with Gasteiger partial charge in [-0.25, -0.2) is 0 Å². The van der Waals surface area contributed by atoms with Crippen molar-refractivity contribution in [2.45, 2.75) is 31.7 Å². The maximum atomic E-state index is 13.6. The summed E-state index contributed by atoms with van der Waals surface area (Å²) in [5, 5.41) is 3.06. The fourth-order valence-electron chi connectivity index (χ4n) is 5.28. The highest BCUT2D eigenvalue weighted by molar-refractivity contribution is 6.11. The molecule has 1 aromatic heterocycles. The van der Waals surface area contributed by atoms with Crippen LogP contribution in [0.25, 0.3) is 11.3 Å². The first-order chi connectivity index (χ1) is 20.4. The number of anilines is 2. The summed E-state index contributed by atoms with van der Waals surface area (Å²) in [7, 11) is 0. The summed E-state index contributed by atoms with van der Waals surface area (Å²) in [6.07, 6.45) is -6.92. The van der Waals surface area contributed by atoms with E-state index in [-0.39, 0.29) is 28.8 Å². The predicted molar refractivity (Wildman–Crippen MR) is 156 cm³/mol. The van der Waals surface area contributed by atoms with Gasteiger partial charge in [-0.2, -0.15) is 26.3 Å². The van der Waals surface area contributed by atoms with Gasteiger partial charge < -0.3 is 11.1 Å². The van der Waals surface area contributed by atoms with Crippen molar-refractivity contribution in [1.82, 2.24) is 9.88 Å². The van der Waals surface area contributed by atoms with Crippen molar-refractivity contribution < 1.29 is 26.3 Å². The third-order valence-corrected chi connectivity index (χ3v) is 7.55. The van der Waals surface area contributed by atoms with Crippen LogP contribution in [0.15, 0.2) is 90.1 Å². The summed E-state index contributed by atoms with van der Waals surface area (Å²) >= 11 is 0. The van der Waals surface area contributed by atoms with Gasteiger partial charge in [-0.3, -0.25) is 14.9 Å². The number of hydrogen-bond acceptors (Lipinski definition) is 4. The molecule has 1 aliphatic rings. The lowest BCUT2D eigenvalue weighted by molar-refractivity contribution is -0.138. The number of rotatable bonds is 6. The van der Waals surface area contributed by atoms with Gasteiger partial charge in [0.25, 0.3) is 0 Å². The molecule has 0 fully saturated rings. The predicted octanol–water partition coefficient (Wildman–Crippen LogP) is 7.85. The smallest absolute Gasteiger partial charge is 0.398 e. The third kappa shape index (κ3) is 6.83. The normalized spacial score (nSPS) is 16.2. The Morgan fingerprint density at radius 3 is 2.40 bits per heavy atom. The first-order valence-electron chi connectivity index (χ1n) is 13.6. The third-order valence-electron chi connectivity index (χ3n) is 7.55. The topological polar surface area (TPSA) is 66.5 Å². The van der Waals surface area contributed by atoms with Gasteiger partial charge in [0.1, 0.15) is 5.84 Å². The number of amidine groups is 1. The van der Waals surface area contributed by atoms with Crippen molar-refractivity contribution in [3.05, 3.63) is 113 Å². The van der Waals surface area contributed by atoms with Gasteiger partial charge in [0.05, 0.1) is 23.4 Å². The molecule has 0 bridgehead atoms. The van der Waals surface area contributed by atoms with E-state index in [2.05, 4.69) is 34.3 Å². The molecule has 2 heterocycles. The Kier molecular flexibility index (Phi) is 8.45. The van der Waals surface area contributed by atoms with Crippen molar-refractivity contribution in [1.29, 1.82) is 0 Å². The molecule has 224 valence electrons. The highest BCUT2D eigenvalue weighted by Crippen LogP contribution is 2.37. The van der Waals surface area contributed by atoms with Crippen LogP contribution in [0.2, 0.25) is 0 Å². The van der Waals surface area contributed by atoms with Crippen LogP contribution in [0, 0.1) is 0 Å². The second-order valence-corrected chi connectivity index (χ2v) is 10.3. The lowest BCUT2D eigenvalue weighted by Crippen LogP contribution is -2.36. The summed E-state index contributed by atoms with van der Waals surface area (Å²) in [5.74, 6) is 0.283. The molecule has 4 aromatic rings. The van der Waals surface area contributed by atoms with E-state index in [4.69, 9.17) is 10.7 Å². The van der Waals surface area contributed by atoms with E-state index < -0.39 is 23.5 Å². The zero-order valence-electron chi connectivity index (χ0n) is 23.2. The van der Waals surface area contributed by atoms with Crippen LogP contribution in [0.1, 0.15) is 40.8 Å². The minimum atomic E-state index is -4.61. The van der Waals surface area contributed by atoms with E-state index in [0.717, 1.165) is 31.2 Å². The number of nitrogen functional groups attached to an aromatic ring is 1. The fraction of sp³-hybridized carbons (Fsp3) is 0.250. The summed E-state index contributed by atoms with van der Waals surface area (Å²) in [6.45, 7) is 3.92. The number of nitrogens with two attached hydrogens (primary N) is 1. The standard InChI is InChI=1S/C32H29F6N5/c1-20-25-6-3-2-5-21(25)14-17-43(20)18-16-41-30(42-24-11-9-23(10-12-24)31(33,34)35)26-13-8-22(19-28(26)39)29-27(32(36,37)38)7-4-15-40-29/h2-13,15,19-20H,14,16-18,39H2,1H3,(H,41,42). The van der Waals surface area contributed by atoms with Crippen LogP contribution in [0.4, 0.5) is 37.7 Å². The van der Waals surface area contributed by atoms with Gasteiger partial charge in [-0.05, 0) is 73.0 Å². The summed E-state index contributed by atoms with van der Waals surface area (Å²) in [4.78, 5) is 11.0. The summed E-state index contributed by atoms with van der Waals surface area (Å²) in [6, 6.07) is 19.5. The van der Waals surface area contributed by atoms with Gasteiger partial charge in [0, 0.05) is 47.8 Å². The van der Waals surface area contributed by atoms with Crippen LogP contribution >= 0.6 is 0 Å². The molecule has 5 nitrogen and oxygen atoms in total. The zero-order valence-corrected chi connectivity index (χ0v) is 23.2. The molecule has 1 aliphatic heterocycles. The van der Waals surface area contributed by atoms with Crippen molar-refractivity contribution in [2.24, 2.45) is 4.99 Å². The van der Waals surface area contributed by atoms with E-state index in [0.29, 0.717) is 24.3 Å². The minimum absolute atomic E-state index is 0.134. The molecule has 0 aliphatic carbocycles. The second kappa shape index (κ2) is 12.1. The van der Waals surface area contributed by atoms with Crippen LogP contribution in [0.3, 0.4) is 0 Å². The van der Waals surface area contributed by atoms with Gasteiger partial charge in [0.2, 0.25) is 0 Å². The number of aromatic nitrogens is 1. The number of alkyl halides is 6. The summed E-state index contributed by atoms with van der Waals surface area (Å²) < 4.78 is 80.2. The maximum absolute atomic E-state index is 13.6. The lowest BCUT2D eigenvalue weighted by atomic mass is 9.94. The number of fused-ring (bicyclic) bond motifs is 1. The molecular formula is C32H29F6N5. The number of benzene rings is 3. The largest absolute Gasteiger partial charge is 0.418 e. The molecule has 1 unspecified atom stereocenters. The van der Waals surface area contributed by atoms with Crippen molar-refractivity contribution in [2.75, 3.05) is 30.7 Å². The van der Waals surface area contributed by atoms with Gasteiger partial charge in [0.15, 0.2) is 0 Å². The Hall–Kier alpha value is -4.38. The molecule has 0 saturated heterocycles. The highest BCUT2D eigenvalue weighted by Gasteiger charge is 2.34. The Labute approximate surface area is 245 Å². The first kappa shape index (κ1) is 30.1. The number of pyridine rings is 1. The van der Waals surface area contributed by atoms with Gasteiger partial charge in [-0.15, -0.1) is 0 Å². The highest BCUT2D eigenvalue weighted by atomic mass is 19.4. The SMILES string of the molecule is CC1c2ccccc2CCN1CCN=C(Nc1ccc(C(F)(F)F)cc1)c1ccc(-c2ncccc2C(F)(F)F)cc1N. The number of halogens is 6. The monoisotopic (exact) mass is 597 g/mol. The van der Waals surface area contributed by atoms with Crippen LogP contribution < -0.4 is 11.1 Å². The van der Waals surface area contributed by atoms with Crippen molar-refractivity contribution in [3.8, 4) is 11.3 Å². The molecule has 0 saturated carbocycles. The number of nitrogens with one attached hydrogen (secondary N) is 1. The number of nitrogens with zero attached hydrogens (tertiary/aromatic N) is 3. The molecule has 5 rings (SSSR count). The van der Waals surface area contributed by atoms with Crippen LogP contribution in [0.5, 0.6) is 0 Å². The van der Waals surface area contributed by atoms with Crippen LogP contribution in [-0.2, 0) is 18.8 Å². The van der Waals surface area contributed by atoms with E-state index in [1.807, 2.05) is 12.1 Å². The van der Waals surface area contributed by atoms with Crippen molar-refractivity contribution >= 4 is 17.2 Å². The molecule has 0 amide bonds. The van der Waals surface area contributed by atoms with E-state index in [1.165, 1.54) is 53.7 Å². The molecule has 3 N–H and O–H groups in total. The average molecular weight is 598 g/mol. The minimum Gasteiger partial charge on any atom is -0.398 e. The first-order valence-corrected chi connectivity index (χ1v) is 13.6. The van der Waals surface area contributed by atoms with E-state index in [1.54, 1.807) is 0 Å². The Bertz CT molecular complexity index is 1610. The quantitative estimate of drug-likeness (QED) is 0.103.